The number of carbonyl (C=O) groups excluding carboxylic acids is 1. The van der Waals surface area contributed by atoms with Crippen molar-refractivity contribution in [1.82, 2.24) is 15.1 Å². The van der Waals surface area contributed by atoms with Crippen LogP contribution in [0.2, 0.25) is 0 Å². The minimum atomic E-state index is 0.0249. The largest absolute Gasteiger partial charge is 0.356 e. The van der Waals surface area contributed by atoms with Crippen molar-refractivity contribution in [2.24, 2.45) is 0 Å². The third-order valence-electron chi connectivity index (χ3n) is 4.42. The molecule has 1 amide bonds. The number of aromatic nitrogens is 2. The Kier molecular flexibility index (Phi) is 3.42. The molecule has 0 saturated carbocycles. The molecule has 0 unspecified atom stereocenters. The number of amides is 1. The van der Waals surface area contributed by atoms with E-state index in [1.807, 2.05) is 29.1 Å². The molecule has 1 aromatic heterocycles. The van der Waals surface area contributed by atoms with Gasteiger partial charge >= 0.3 is 0 Å². The van der Waals surface area contributed by atoms with E-state index in [1.165, 1.54) is 6.42 Å². The Hall–Kier alpha value is -2.14. The van der Waals surface area contributed by atoms with Crippen LogP contribution in [0.15, 0.2) is 30.5 Å². The molecule has 2 aromatic rings. The van der Waals surface area contributed by atoms with Crippen molar-refractivity contribution in [2.45, 2.75) is 31.9 Å². The summed E-state index contributed by atoms with van der Waals surface area (Å²) in [5.41, 5.74) is 4.05. The van der Waals surface area contributed by atoms with Gasteiger partial charge in [-0.3, -0.25) is 4.79 Å². The second-order valence-electron chi connectivity index (χ2n) is 5.86. The maximum Gasteiger partial charge on any atom is 0.251 e. The van der Waals surface area contributed by atoms with Crippen LogP contribution in [0.25, 0.3) is 11.3 Å². The highest BCUT2D eigenvalue weighted by Gasteiger charge is 2.21. The predicted octanol–water partition coefficient (Wildman–Crippen LogP) is 2.54. The third kappa shape index (κ3) is 2.31. The van der Waals surface area contributed by atoms with Crippen molar-refractivity contribution in [2.75, 3.05) is 13.2 Å². The average Bonchev–Trinajstić information content (AvgIpc) is 3.05. The average molecular weight is 297 g/mol. The maximum atomic E-state index is 11.8. The summed E-state index contributed by atoms with van der Waals surface area (Å²) in [6.45, 7) is 1.51. The van der Waals surface area contributed by atoms with Crippen LogP contribution in [0.4, 0.5) is 0 Å². The van der Waals surface area contributed by atoms with Crippen molar-refractivity contribution < 1.29 is 9.53 Å². The van der Waals surface area contributed by atoms with Gasteiger partial charge in [0.15, 0.2) is 6.23 Å². The van der Waals surface area contributed by atoms with Crippen LogP contribution in [-0.4, -0.2) is 28.8 Å². The van der Waals surface area contributed by atoms with Gasteiger partial charge in [-0.25, -0.2) is 4.68 Å². The van der Waals surface area contributed by atoms with Gasteiger partial charge in [0.05, 0.1) is 5.69 Å². The summed E-state index contributed by atoms with van der Waals surface area (Å²) in [7, 11) is 0. The van der Waals surface area contributed by atoms with Crippen LogP contribution in [0.1, 0.15) is 41.4 Å². The molecule has 0 spiro atoms. The van der Waals surface area contributed by atoms with Gasteiger partial charge in [0, 0.05) is 30.5 Å². The Balaban J connectivity index is 1.71. The van der Waals surface area contributed by atoms with Gasteiger partial charge in [0.25, 0.3) is 5.91 Å². The number of ether oxygens (including phenoxy) is 1. The first-order chi connectivity index (χ1) is 10.8. The molecule has 114 valence electrons. The van der Waals surface area contributed by atoms with E-state index in [4.69, 9.17) is 4.74 Å². The first kappa shape index (κ1) is 13.5. The maximum absolute atomic E-state index is 11.8. The lowest BCUT2D eigenvalue weighted by Gasteiger charge is -2.25. The molecule has 0 radical (unpaired) electrons. The molecule has 1 aromatic carbocycles. The quantitative estimate of drug-likeness (QED) is 0.926. The van der Waals surface area contributed by atoms with Crippen LogP contribution >= 0.6 is 0 Å². The van der Waals surface area contributed by atoms with E-state index in [0.717, 1.165) is 48.3 Å². The van der Waals surface area contributed by atoms with E-state index in [1.54, 1.807) is 0 Å². The van der Waals surface area contributed by atoms with E-state index < -0.39 is 0 Å². The molecule has 1 atom stereocenters. The molecule has 0 bridgehead atoms. The Morgan fingerprint density at radius 3 is 3.09 bits per heavy atom. The Bertz CT molecular complexity index is 702. The van der Waals surface area contributed by atoms with Crippen molar-refractivity contribution >= 4 is 5.91 Å². The monoisotopic (exact) mass is 297 g/mol. The number of carbonyl (C=O) groups is 1. The second kappa shape index (κ2) is 5.57. The van der Waals surface area contributed by atoms with E-state index in [2.05, 4.69) is 16.5 Å². The topological polar surface area (TPSA) is 56.2 Å². The summed E-state index contributed by atoms with van der Waals surface area (Å²) in [6, 6.07) is 8.05. The number of rotatable bonds is 2. The van der Waals surface area contributed by atoms with Gasteiger partial charge in [0.2, 0.25) is 0 Å². The number of fused-ring (bicyclic) bond motifs is 1. The SMILES string of the molecule is O=C1NCCc2cc(-c3ccnn3[C@H]3CCCCO3)ccc21. The summed E-state index contributed by atoms with van der Waals surface area (Å²) in [5.74, 6) is 0.0249. The lowest BCUT2D eigenvalue weighted by Crippen LogP contribution is -2.31. The summed E-state index contributed by atoms with van der Waals surface area (Å²) in [4.78, 5) is 11.8. The number of nitrogens with zero attached hydrogens (tertiary/aromatic N) is 2. The van der Waals surface area contributed by atoms with E-state index in [0.29, 0.717) is 6.54 Å². The molecular formula is C17H19N3O2. The lowest BCUT2D eigenvalue weighted by atomic mass is 9.96. The summed E-state index contributed by atoms with van der Waals surface area (Å²) < 4.78 is 7.83. The van der Waals surface area contributed by atoms with Gasteiger partial charge < -0.3 is 10.1 Å². The fourth-order valence-corrected chi connectivity index (χ4v) is 3.28. The highest BCUT2D eigenvalue weighted by Crippen LogP contribution is 2.29. The Labute approximate surface area is 129 Å². The minimum absolute atomic E-state index is 0.0249. The predicted molar refractivity (Wildman–Crippen MR) is 82.5 cm³/mol. The van der Waals surface area contributed by atoms with Gasteiger partial charge in [0.1, 0.15) is 0 Å². The first-order valence-corrected chi connectivity index (χ1v) is 7.89. The van der Waals surface area contributed by atoms with Crippen molar-refractivity contribution in [3.63, 3.8) is 0 Å². The highest BCUT2D eigenvalue weighted by molar-refractivity contribution is 5.97. The van der Waals surface area contributed by atoms with Crippen LogP contribution in [0.3, 0.4) is 0 Å². The number of benzene rings is 1. The fraction of sp³-hybridized carbons (Fsp3) is 0.412. The normalized spacial score (nSPS) is 21.3. The molecule has 2 aliphatic rings. The summed E-state index contributed by atoms with van der Waals surface area (Å²) >= 11 is 0. The van der Waals surface area contributed by atoms with Gasteiger partial charge in [-0.2, -0.15) is 5.10 Å². The Morgan fingerprint density at radius 1 is 1.27 bits per heavy atom. The molecule has 1 N–H and O–H groups in total. The molecule has 3 heterocycles. The van der Waals surface area contributed by atoms with Crippen LogP contribution in [0.5, 0.6) is 0 Å². The zero-order chi connectivity index (χ0) is 14.9. The van der Waals surface area contributed by atoms with Crippen LogP contribution < -0.4 is 5.32 Å². The number of hydrogen-bond donors (Lipinski definition) is 1. The molecule has 1 saturated heterocycles. The molecule has 5 nitrogen and oxygen atoms in total. The van der Waals surface area contributed by atoms with Gasteiger partial charge in [-0.15, -0.1) is 0 Å². The zero-order valence-corrected chi connectivity index (χ0v) is 12.4. The Morgan fingerprint density at radius 2 is 2.23 bits per heavy atom. The lowest BCUT2D eigenvalue weighted by molar-refractivity contribution is -0.0383. The van der Waals surface area contributed by atoms with E-state index in [9.17, 15) is 4.79 Å². The summed E-state index contributed by atoms with van der Waals surface area (Å²) in [6.07, 6.45) is 6.03. The molecular weight excluding hydrogens is 278 g/mol. The zero-order valence-electron chi connectivity index (χ0n) is 12.4. The third-order valence-corrected chi connectivity index (χ3v) is 4.42. The van der Waals surface area contributed by atoms with E-state index in [-0.39, 0.29) is 12.1 Å². The minimum Gasteiger partial charge on any atom is -0.356 e. The molecule has 5 heteroatoms. The van der Waals surface area contributed by atoms with Gasteiger partial charge in [-0.05, 0) is 49.4 Å². The fourth-order valence-electron chi connectivity index (χ4n) is 3.28. The highest BCUT2D eigenvalue weighted by atomic mass is 16.5. The first-order valence-electron chi connectivity index (χ1n) is 7.89. The molecule has 2 aliphatic heterocycles. The van der Waals surface area contributed by atoms with Crippen molar-refractivity contribution in [3.05, 3.63) is 41.6 Å². The second-order valence-corrected chi connectivity index (χ2v) is 5.86. The number of hydrogen-bond acceptors (Lipinski definition) is 3. The molecule has 4 rings (SSSR count). The number of nitrogens with one attached hydrogen (secondary N) is 1. The van der Waals surface area contributed by atoms with Crippen LogP contribution in [-0.2, 0) is 11.2 Å². The van der Waals surface area contributed by atoms with Gasteiger partial charge in [-0.1, -0.05) is 6.07 Å². The smallest absolute Gasteiger partial charge is 0.251 e. The standard InChI is InChI=1S/C17H19N3O2/c21-17-14-5-4-13(11-12(14)6-8-18-17)15-7-9-19-20(15)16-3-1-2-10-22-16/h4-5,7,9,11,16H,1-3,6,8,10H2,(H,18,21)/t16-/m1/s1. The van der Waals surface area contributed by atoms with Crippen molar-refractivity contribution in [3.8, 4) is 11.3 Å². The summed E-state index contributed by atoms with van der Waals surface area (Å²) in [5, 5.41) is 7.33. The van der Waals surface area contributed by atoms with Crippen molar-refractivity contribution in [1.29, 1.82) is 0 Å². The molecule has 0 aliphatic carbocycles. The van der Waals surface area contributed by atoms with Crippen LogP contribution in [0, 0.1) is 0 Å². The van der Waals surface area contributed by atoms with E-state index >= 15 is 0 Å². The molecule has 22 heavy (non-hydrogen) atoms. The molecule has 1 fully saturated rings.